The monoisotopic (exact) mass is 313 g/mol. The van der Waals surface area contributed by atoms with Gasteiger partial charge in [-0.25, -0.2) is 0 Å². The third-order valence-electron chi connectivity index (χ3n) is 5.02. The van der Waals surface area contributed by atoms with Gasteiger partial charge in [0.15, 0.2) is 0 Å². The highest BCUT2D eigenvalue weighted by atomic mass is 16.5. The van der Waals surface area contributed by atoms with Crippen molar-refractivity contribution in [2.24, 2.45) is 16.7 Å². The second kappa shape index (κ2) is 7.63. The third-order valence-corrected chi connectivity index (χ3v) is 5.02. The molecule has 3 nitrogen and oxygen atoms in total. The Bertz CT molecular complexity index is 325. The molecule has 3 heteroatoms. The zero-order chi connectivity index (χ0) is 17.0. The molecule has 0 bridgehead atoms. The number of ether oxygens (including phenoxy) is 2. The fourth-order valence-electron chi connectivity index (χ4n) is 2.87. The Kier molecular flexibility index (Phi) is 6.91. The molecule has 0 aromatic heterocycles. The molecular weight excluding hydrogens is 274 g/mol. The lowest BCUT2D eigenvalue weighted by Crippen LogP contribution is -2.53. The summed E-state index contributed by atoms with van der Waals surface area (Å²) in [5.41, 5.74) is 0.619. The van der Waals surface area contributed by atoms with Crippen LogP contribution in [0.5, 0.6) is 0 Å². The largest absolute Gasteiger partial charge is 0.384 e. The van der Waals surface area contributed by atoms with E-state index in [0.717, 1.165) is 38.5 Å². The second-order valence-corrected chi connectivity index (χ2v) is 9.53. The second-order valence-electron chi connectivity index (χ2n) is 9.53. The van der Waals surface area contributed by atoms with Gasteiger partial charge in [0.1, 0.15) is 0 Å². The van der Waals surface area contributed by atoms with Crippen molar-refractivity contribution in [3.8, 4) is 0 Å². The molecule has 0 amide bonds. The predicted molar refractivity (Wildman–Crippen MR) is 94.3 cm³/mol. The van der Waals surface area contributed by atoms with Gasteiger partial charge in [-0.1, -0.05) is 34.6 Å². The topological polar surface area (TPSA) is 21.7 Å². The van der Waals surface area contributed by atoms with Gasteiger partial charge < -0.3 is 14.4 Å². The van der Waals surface area contributed by atoms with E-state index in [1.54, 1.807) is 7.11 Å². The van der Waals surface area contributed by atoms with Gasteiger partial charge in [-0.2, -0.15) is 0 Å². The number of hydrogen-bond acceptors (Lipinski definition) is 3. The lowest BCUT2D eigenvalue weighted by atomic mass is 9.76. The van der Waals surface area contributed by atoms with Crippen LogP contribution in [0.3, 0.4) is 0 Å². The summed E-state index contributed by atoms with van der Waals surface area (Å²) in [6, 6.07) is 0. The van der Waals surface area contributed by atoms with E-state index < -0.39 is 0 Å². The minimum Gasteiger partial charge on any atom is -0.384 e. The van der Waals surface area contributed by atoms with Crippen molar-refractivity contribution in [3.05, 3.63) is 0 Å². The Labute approximate surface area is 138 Å². The number of hydrogen-bond donors (Lipinski definition) is 0. The summed E-state index contributed by atoms with van der Waals surface area (Å²) in [5, 5.41) is 0. The molecule has 0 unspecified atom stereocenters. The fourth-order valence-corrected chi connectivity index (χ4v) is 2.87. The minimum absolute atomic E-state index is 0.0318. The Morgan fingerprint density at radius 2 is 1.55 bits per heavy atom. The molecule has 0 N–H and O–H groups in total. The van der Waals surface area contributed by atoms with Crippen molar-refractivity contribution in [2.75, 3.05) is 40.0 Å². The highest BCUT2D eigenvalue weighted by Gasteiger charge is 2.36. The number of nitrogens with zero attached hydrogens (tertiary/aromatic N) is 1. The van der Waals surface area contributed by atoms with Crippen molar-refractivity contribution < 1.29 is 9.47 Å². The molecule has 1 saturated heterocycles. The summed E-state index contributed by atoms with van der Waals surface area (Å²) in [6.45, 7) is 21.2. The van der Waals surface area contributed by atoms with E-state index in [2.05, 4.69) is 53.4 Å². The maximum absolute atomic E-state index is 6.14. The maximum Gasteiger partial charge on any atom is 0.0638 e. The minimum atomic E-state index is -0.0318. The molecular formula is C19H39NO2. The van der Waals surface area contributed by atoms with Crippen LogP contribution in [0.4, 0.5) is 0 Å². The summed E-state index contributed by atoms with van der Waals surface area (Å²) < 4.78 is 11.4. The molecule has 1 aliphatic heterocycles. The van der Waals surface area contributed by atoms with Crippen molar-refractivity contribution in [3.63, 3.8) is 0 Å². The highest BCUT2D eigenvalue weighted by Crippen LogP contribution is 2.34. The summed E-state index contributed by atoms with van der Waals surface area (Å²) in [4.78, 5) is 2.57. The lowest BCUT2D eigenvalue weighted by molar-refractivity contribution is -0.0557. The maximum atomic E-state index is 6.14. The molecule has 1 aliphatic rings. The summed E-state index contributed by atoms with van der Waals surface area (Å²) in [6.07, 6.45) is 2.15. The van der Waals surface area contributed by atoms with Crippen molar-refractivity contribution >= 4 is 0 Å². The Balaban J connectivity index is 2.20. The molecule has 1 heterocycles. The first kappa shape index (κ1) is 19.9. The van der Waals surface area contributed by atoms with Gasteiger partial charge in [-0.05, 0) is 43.4 Å². The van der Waals surface area contributed by atoms with Crippen LogP contribution in [-0.2, 0) is 9.47 Å². The van der Waals surface area contributed by atoms with Crippen molar-refractivity contribution in [1.82, 2.24) is 4.90 Å². The van der Waals surface area contributed by atoms with E-state index in [4.69, 9.17) is 9.47 Å². The van der Waals surface area contributed by atoms with Crippen LogP contribution in [-0.4, -0.2) is 50.5 Å². The highest BCUT2D eigenvalue weighted by molar-refractivity contribution is 4.88. The average Bonchev–Trinajstić information content (AvgIpc) is 2.23. The van der Waals surface area contributed by atoms with Crippen LogP contribution in [0.2, 0.25) is 0 Å². The summed E-state index contributed by atoms with van der Waals surface area (Å²) in [7, 11) is 1.77. The normalized spacial score (nSPS) is 18.5. The standard InChI is InChI=1S/C19H39NO2/c1-17(2,3)16-13-20(14-16)11-9-19(6,7)22-12-10-18(4,5)15-21-8/h16H,9-15H2,1-8H3. The zero-order valence-corrected chi connectivity index (χ0v) is 16.3. The van der Waals surface area contributed by atoms with E-state index >= 15 is 0 Å². The first-order valence-corrected chi connectivity index (χ1v) is 8.80. The van der Waals surface area contributed by atoms with E-state index in [1.807, 2.05) is 0 Å². The molecule has 22 heavy (non-hydrogen) atoms. The summed E-state index contributed by atoms with van der Waals surface area (Å²) in [5.74, 6) is 0.853. The van der Waals surface area contributed by atoms with Gasteiger partial charge in [0.05, 0.1) is 12.2 Å². The van der Waals surface area contributed by atoms with E-state index in [0.29, 0.717) is 5.41 Å². The van der Waals surface area contributed by atoms with Crippen LogP contribution in [0.1, 0.15) is 61.3 Å². The van der Waals surface area contributed by atoms with Crippen LogP contribution in [0.25, 0.3) is 0 Å². The van der Waals surface area contributed by atoms with E-state index in [-0.39, 0.29) is 11.0 Å². The number of likely N-dealkylation sites (tertiary alicyclic amines) is 1. The van der Waals surface area contributed by atoms with Crippen LogP contribution in [0, 0.1) is 16.7 Å². The van der Waals surface area contributed by atoms with E-state index in [1.165, 1.54) is 13.1 Å². The molecule has 1 fully saturated rings. The number of methoxy groups -OCH3 is 1. The molecule has 132 valence electrons. The Morgan fingerprint density at radius 1 is 0.955 bits per heavy atom. The Hall–Kier alpha value is -0.120. The molecule has 0 saturated carbocycles. The van der Waals surface area contributed by atoms with Gasteiger partial charge in [0.25, 0.3) is 0 Å². The van der Waals surface area contributed by atoms with Gasteiger partial charge >= 0.3 is 0 Å². The quantitative estimate of drug-likeness (QED) is 0.636. The molecule has 1 rings (SSSR count). The lowest BCUT2D eigenvalue weighted by Gasteiger charge is -2.47. The van der Waals surface area contributed by atoms with Gasteiger partial charge in [-0.3, -0.25) is 0 Å². The van der Waals surface area contributed by atoms with Crippen LogP contribution >= 0.6 is 0 Å². The molecule has 0 radical (unpaired) electrons. The summed E-state index contributed by atoms with van der Waals surface area (Å²) >= 11 is 0. The van der Waals surface area contributed by atoms with Gasteiger partial charge in [0, 0.05) is 33.4 Å². The third kappa shape index (κ3) is 6.97. The smallest absolute Gasteiger partial charge is 0.0638 e. The molecule has 0 spiro atoms. The molecule has 0 aromatic rings. The van der Waals surface area contributed by atoms with Crippen LogP contribution < -0.4 is 0 Å². The van der Waals surface area contributed by atoms with E-state index in [9.17, 15) is 0 Å². The van der Waals surface area contributed by atoms with Gasteiger partial charge in [0.2, 0.25) is 0 Å². The SMILES string of the molecule is COCC(C)(C)CCOC(C)(C)CCN1CC(C(C)(C)C)C1. The molecule has 0 aliphatic carbocycles. The Morgan fingerprint density at radius 3 is 2.05 bits per heavy atom. The number of rotatable bonds is 9. The molecule has 0 aromatic carbocycles. The average molecular weight is 314 g/mol. The van der Waals surface area contributed by atoms with Gasteiger partial charge in [-0.15, -0.1) is 0 Å². The van der Waals surface area contributed by atoms with Crippen molar-refractivity contribution in [2.45, 2.75) is 66.9 Å². The fraction of sp³-hybridized carbons (Fsp3) is 1.00. The van der Waals surface area contributed by atoms with Crippen LogP contribution in [0.15, 0.2) is 0 Å². The first-order valence-electron chi connectivity index (χ1n) is 8.80. The molecule has 0 atom stereocenters. The van der Waals surface area contributed by atoms with Crippen molar-refractivity contribution in [1.29, 1.82) is 0 Å². The zero-order valence-electron chi connectivity index (χ0n) is 16.3. The first-order chi connectivity index (χ1) is 9.95. The predicted octanol–water partition coefficient (Wildman–Crippen LogP) is 4.21.